The Bertz CT molecular complexity index is 887. The largest absolute Gasteiger partial charge is 0.390 e. The Morgan fingerprint density at radius 2 is 2.06 bits per heavy atom. The fraction of sp³-hybridized carbons (Fsp3) is 0.522. The molecule has 2 N–H and O–H groups in total. The van der Waals surface area contributed by atoms with Gasteiger partial charge < -0.3 is 20.1 Å². The Labute approximate surface area is 183 Å². The van der Waals surface area contributed by atoms with E-state index in [1.807, 2.05) is 0 Å². The number of hydrogen-bond acceptors (Lipinski definition) is 7. The highest BCUT2D eigenvalue weighted by atomic mass is 16.5. The molecule has 31 heavy (non-hydrogen) atoms. The van der Waals surface area contributed by atoms with Gasteiger partial charge in [-0.1, -0.05) is 24.3 Å². The van der Waals surface area contributed by atoms with Crippen LogP contribution in [0.2, 0.25) is 0 Å². The number of amides is 1. The smallest absolute Gasteiger partial charge is 0.272 e. The molecule has 0 bridgehead atoms. The molecule has 1 fully saturated rings. The van der Waals surface area contributed by atoms with E-state index in [1.165, 1.54) is 22.4 Å². The summed E-state index contributed by atoms with van der Waals surface area (Å²) in [5.74, 6) is 0.423. The number of hydrogen-bond donors (Lipinski definition) is 2. The summed E-state index contributed by atoms with van der Waals surface area (Å²) in [6.45, 7) is 4.00. The predicted octanol–water partition coefficient (Wildman–Crippen LogP) is 1.56. The number of aliphatic hydroxyl groups excluding tert-OH is 1. The van der Waals surface area contributed by atoms with Crippen molar-refractivity contribution in [1.29, 1.82) is 0 Å². The van der Waals surface area contributed by atoms with Crippen molar-refractivity contribution in [2.24, 2.45) is 0 Å². The van der Waals surface area contributed by atoms with Gasteiger partial charge in [0.2, 0.25) is 0 Å². The minimum atomic E-state index is -0.624. The second-order valence-corrected chi connectivity index (χ2v) is 8.41. The quantitative estimate of drug-likeness (QED) is 0.696. The third-order valence-electron chi connectivity index (χ3n) is 5.97. The van der Waals surface area contributed by atoms with Gasteiger partial charge >= 0.3 is 0 Å². The first-order valence-corrected chi connectivity index (χ1v) is 11.0. The van der Waals surface area contributed by atoms with E-state index in [0.717, 1.165) is 45.6 Å². The number of likely N-dealkylation sites (N-methyl/N-ethyl adjacent to an activating group) is 1. The molecule has 8 heteroatoms. The normalized spacial score (nSPS) is 18.3. The van der Waals surface area contributed by atoms with Gasteiger partial charge in [0, 0.05) is 58.5 Å². The lowest BCUT2D eigenvalue weighted by Crippen LogP contribution is -2.42. The average Bonchev–Trinajstić information content (AvgIpc) is 2.79. The van der Waals surface area contributed by atoms with Crippen LogP contribution in [0.4, 0.5) is 5.82 Å². The van der Waals surface area contributed by atoms with Crippen LogP contribution >= 0.6 is 0 Å². The van der Waals surface area contributed by atoms with Crippen LogP contribution in [0.3, 0.4) is 0 Å². The molecule has 2 aliphatic heterocycles. The molecule has 2 aliphatic rings. The van der Waals surface area contributed by atoms with Crippen LogP contribution in [0.15, 0.2) is 36.7 Å². The molecule has 2 aromatic rings. The lowest BCUT2D eigenvalue weighted by molar-refractivity contribution is 0.0564. The minimum absolute atomic E-state index is 0.222. The first-order chi connectivity index (χ1) is 15.1. The fourth-order valence-corrected chi connectivity index (χ4v) is 4.26. The van der Waals surface area contributed by atoms with E-state index in [4.69, 9.17) is 4.74 Å². The number of carbonyl (C=O) groups excluding carboxylic acids is 1. The maximum absolute atomic E-state index is 12.8. The molecular formula is C23H31N5O3. The monoisotopic (exact) mass is 425 g/mol. The van der Waals surface area contributed by atoms with E-state index in [0.29, 0.717) is 24.1 Å². The molecule has 1 atom stereocenters. The van der Waals surface area contributed by atoms with Crippen molar-refractivity contribution < 1.29 is 14.6 Å². The highest BCUT2D eigenvalue weighted by Gasteiger charge is 2.22. The van der Waals surface area contributed by atoms with Crippen LogP contribution in [-0.4, -0.2) is 82.8 Å². The van der Waals surface area contributed by atoms with E-state index in [-0.39, 0.29) is 12.5 Å². The second kappa shape index (κ2) is 10.2. The Balaban J connectivity index is 1.29. The van der Waals surface area contributed by atoms with Crippen LogP contribution in [-0.2, 0) is 17.7 Å². The lowest BCUT2D eigenvalue weighted by Gasteiger charge is -2.31. The number of carbonyl (C=O) groups is 1. The SMILES string of the molecule is CN(CC(O)CN1CCc2ccccc2C1)C(=O)c1cc(NC2CCOCC2)ncn1. The first kappa shape index (κ1) is 21.7. The molecule has 4 rings (SSSR count). The summed E-state index contributed by atoms with van der Waals surface area (Å²) in [4.78, 5) is 25.0. The van der Waals surface area contributed by atoms with Crippen molar-refractivity contribution >= 4 is 11.7 Å². The summed E-state index contributed by atoms with van der Waals surface area (Å²) in [5.41, 5.74) is 3.02. The fourth-order valence-electron chi connectivity index (χ4n) is 4.26. The van der Waals surface area contributed by atoms with Crippen molar-refractivity contribution in [3.63, 3.8) is 0 Å². The zero-order valence-electron chi connectivity index (χ0n) is 18.0. The minimum Gasteiger partial charge on any atom is -0.390 e. The highest BCUT2D eigenvalue weighted by Crippen LogP contribution is 2.19. The maximum Gasteiger partial charge on any atom is 0.272 e. The molecule has 3 heterocycles. The number of aliphatic hydroxyl groups is 1. The van der Waals surface area contributed by atoms with Crippen molar-refractivity contribution in [2.45, 2.75) is 38.0 Å². The maximum atomic E-state index is 12.8. The molecule has 166 valence electrons. The number of anilines is 1. The van der Waals surface area contributed by atoms with Gasteiger partial charge in [0.05, 0.1) is 6.10 Å². The Kier molecular flexibility index (Phi) is 7.11. The van der Waals surface area contributed by atoms with Crippen LogP contribution in [0.25, 0.3) is 0 Å². The number of fused-ring (bicyclic) bond motifs is 1. The molecule has 1 aromatic heterocycles. The third kappa shape index (κ3) is 5.78. The number of nitrogens with zero attached hydrogens (tertiary/aromatic N) is 4. The van der Waals surface area contributed by atoms with Gasteiger partial charge in [-0.25, -0.2) is 9.97 Å². The number of ether oxygens (including phenoxy) is 1. The van der Waals surface area contributed by atoms with Crippen LogP contribution in [0, 0.1) is 0 Å². The predicted molar refractivity (Wildman–Crippen MR) is 118 cm³/mol. The van der Waals surface area contributed by atoms with Gasteiger partial charge in [-0.05, 0) is 30.4 Å². The molecule has 0 saturated carbocycles. The number of β-amino-alcohol motifs (C(OH)–C–C–N with tert-alkyl or cyclic N) is 1. The zero-order valence-corrected chi connectivity index (χ0v) is 18.0. The van der Waals surface area contributed by atoms with E-state index >= 15 is 0 Å². The molecule has 1 unspecified atom stereocenters. The van der Waals surface area contributed by atoms with Gasteiger partial charge in [0.25, 0.3) is 5.91 Å². The van der Waals surface area contributed by atoms with E-state index < -0.39 is 6.10 Å². The standard InChI is InChI=1S/C23H31N5O3/c1-27(14-20(29)15-28-9-6-17-4-2-3-5-18(17)13-28)23(30)21-12-22(25-16-24-21)26-19-7-10-31-11-8-19/h2-5,12,16,19-20,29H,6-11,13-15H2,1H3,(H,24,25,26). The zero-order chi connectivity index (χ0) is 21.6. The van der Waals surface area contributed by atoms with Crippen molar-refractivity contribution in [1.82, 2.24) is 19.8 Å². The summed E-state index contributed by atoms with van der Waals surface area (Å²) < 4.78 is 5.38. The van der Waals surface area contributed by atoms with Crippen molar-refractivity contribution in [3.05, 3.63) is 53.5 Å². The molecule has 0 aliphatic carbocycles. The summed E-state index contributed by atoms with van der Waals surface area (Å²) in [7, 11) is 1.70. The third-order valence-corrected chi connectivity index (χ3v) is 5.97. The molecule has 1 saturated heterocycles. The topological polar surface area (TPSA) is 90.8 Å². The molecular weight excluding hydrogens is 394 g/mol. The second-order valence-electron chi connectivity index (χ2n) is 8.41. The Hall–Kier alpha value is -2.55. The van der Waals surface area contributed by atoms with Crippen LogP contribution in [0.1, 0.15) is 34.5 Å². The summed E-state index contributed by atoms with van der Waals surface area (Å²) in [6, 6.07) is 10.4. The van der Waals surface area contributed by atoms with Crippen LogP contribution < -0.4 is 5.32 Å². The molecule has 0 radical (unpaired) electrons. The summed E-state index contributed by atoms with van der Waals surface area (Å²) >= 11 is 0. The molecule has 1 amide bonds. The Morgan fingerprint density at radius 3 is 2.87 bits per heavy atom. The number of benzene rings is 1. The number of aromatic nitrogens is 2. The van der Waals surface area contributed by atoms with Crippen LogP contribution in [0.5, 0.6) is 0 Å². The summed E-state index contributed by atoms with van der Waals surface area (Å²) in [6.07, 6.45) is 3.60. The van der Waals surface area contributed by atoms with Gasteiger partial charge in [-0.3, -0.25) is 9.69 Å². The van der Waals surface area contributed by atoms with Gasteiger partial charge in [0.1, 0.15) is 17.8 Å². The summed E-state index contributed by atoms with van der Waals surface area (Å²) in [5, 5.41) is 14.0. The van der Waals surface area contributed by atoms with Crippen molar-refractivity contribution in [2.75, 3.05) is 45.2 Å². The lowest BCUT2D eigenvalue weighted by atomic mass is 10.00. The van der Waals surface area contributed by atoms with E-state index in [1.54, 1.807) is 13.1 Å². The molecule has 8 nitrogen and oxygen atoms in total. The molecule has 1 aromatic carbocycles. The average molecular weight is 426 g/mol. The van der Waals surface area contributed by atoms with Gasteiger partial charge in [-0.15, -0.1) is 0 Å². The number of nitrogens with one attached hydrogen (secondary N) is 1. The highest BCUT2D eigenvalue weighted by molar-refractivity contribution is 5.92. The van der Waals surface area contributed by atoms with E-state index in [9.17, 15) is 9.90 Å². The number of rotatable bonds is 7. The van der Waals surface area contributed by atoms with E-state index in [2.05, 4.69) is 44.5 Å². The van der Waals surface area contributed by atoms with Gasteiger partial charge in [-0.2, -0.15) is 0 Å². The first-order valence-electron chi connectivity index (χ1n) is 11.0. The van der Waals surface area contributed by atoms with Gasteiger partial charge in [0.15, 0.2) is 0 Å². The molecule has 0 spiro atoms. The van der Waals surface area contributed by atoms with Crippen molar-refractivity contribution in [3.8, 4) is 0 Å². The Morgan fingerprint density at radius 1 is 1.29 bits per heavy atom.